The molecule has 1 atom stereocenters. The van der Waals surface area contributed by atoms with Gasteiger partial charge in [0.1, 0.15) is 5.69 Å². The number of carbonyl (C=O) groups is 1. The number of nitrogens with zero attached hydrogens (tertiary/aromatic N) is 1. The molecule has 6 heteroatoms. The Morgan fingerprint density at radius 3 is 2.73 bits per heavy atom. The second kappa shape index (κ2) is 6.87. The minimum absolute atomic E-state index is 0.0661. The number of halogens is 1. The first-order chi connectivity index (χ1) is 10.7. The van der Waals surface area contributed by atoms with Crippen molar-refractivity contribution >= 4 is 23.2 Å². The van der Waals surface area contributed by atoms with Crippen molar-refractivity contribution in [1.29, 1.82) is 0 Å². The molecule has 1 aliphatic heterocycles. The van der Waals surface area contributed by atoms with Crippen molar-refractivity contribution in [2.45, 2.75) is 6.10 Å². The van der Waals surface area contributed by atoms with Crippen molar-refractivity contribution in [3.8, 4) is 0 Å². The third kappa shape index (κ3) is 3.62. The number of ether oxygens (including phenoxy) is 1. The van der Waals surface area contributed by atoms with Crippen LogP contribution in [0.3, 0.4) is 0 Å². The van der Waals surface area contributed by atoms with E-state index in [1.807, 2.05) is 24.3 Å². The number of hydrogen-bond donors (Lipinski definition) is 2. The lowest BCUT2D eigenvalue weighted by Crippen LogP contribution is -2.33. The standard InChI is InChI=1S/C16H16ClN3O2/c17-12-3-6-14(19-9-12)16(21)20-13-4-1-11(2-5-13)15-10-18-7-8-22-15/h1-6,9,15,18H,7-8,10H2,(H,20,21)/t15-/m1/s1. The number of amides is 1. The maximum atomic E-state index is 12.1. The molecule has 1 amide bonds. The SMILES string of the molecule is O=C(Nc1ccc([C@H]2CNCCO2)cc1)c1ccc(Cl)cn1. The predicted molar refractivity (Wildman–Crippen MR) is 85.2 cm³/mol. The first-order valence-corrected chi connectivity index (χ1v) is 7.45. The molecule has 5 nitrogen and oxygen atoms in total. The molecule has 1 aromatic carbocycles. The van der Waals surface area contributed by atoms with Gasteiger partial charge in [-0.1, -0.05) is 23.7 Å². The fourth-order valence-corrected chi connectivity index (χ4v) is 2.38. The lowest BCUT2D eigenvalue weighted by Gasteiger charge is -2.24. The van der Waals surface area contributed by atoms with Crippen LogP contribution >= 0.6 is 11.6 Å². The molecular formula is C16H16ClN3O2. The summed E-state index contributed by atoms with van der Waals surface area (Å²) in [6.07, 6.45) is 1.52. The molecule has 0 spiro atoms. The van der Waals surface area contributed by atoms with Gasteiger partial charge in [0.05, 0.1) is 17.7 Å². The Bertz CT molecular complexity index is 637. The zero-order valence-corrected chi connectivity index (χ0v) is 12.6. The number of nitrogens with one attached hydrogen (secondary N) is 2. The van der Waals surface area contributed by atoms with Gasteiger partial charge in [0, 0.05) is 25.0 Å². The van der Waals surface area contributed by atoms with Crippen LogP contribution < -0.4 is 10.6 Å². The molecule has 22 heavy (non-hydrogen) atoms. The third-order valence-electron chi connectivity index (χ3n) is 3.43. The van der Waals surface area contributed by atoms with Gasteiger partial charge in [-0.05, 0) is 29.8 Å². The highest BCUT2D eigenvalue weighted by Gasteiger charge is 2.15. The molecule has 0 radical (unpaired) electrons. The lowest BCUT2D eigenvalue weighted by molar-refractivity contribution is 0.0277. The van der Waals surface area contributed by atoms with Crippen LogP contribution in [0.5, 0.6) is 0 Å². The number of pyridine rings is 1. The summed E-state index contributed by atoms with van der Waals surface area (Å²) in [6.45, 7) is 2.41. The van der Waals surface area contributed by atoms with Gasteiger partial charge in [-0.15, -0.1) is 0 Å². The van der Waals surface area contributed by atoms with E-state index >= 15 is 0 Å². The number of hydrogen-bond acceptors (Lipinski definition) is 4. The van der Waals surface area contributed by atoms with Crippen LogP contribution in [0.4, 0.5) is 5.69 Å². The summed E-state index contributed by atoms with van der Waals surface area (Å²) in [7, 11) is 0. The van der Waals surface area contributed by atoms with Gasteiger partial charge >= 0.3 is 0 Å². The molecule has 1 aliphatic rings. The average Bonchev–Trinajstić information content (AvgIpc) is 2.57. The zero-order valence-electron chi connectivity index (χ0n) is 11.9. The molecule has 1 fully saturated rings. The fraction of sp³-hybridized carbons (Fsp3) is 0.250. The van der Waals surface area contributed by atoms with Crippen molar-refractivity contribution in [2.75, 3.05) is 25.0 Å². The molecule has 2 aromatic rings. The number of benzene rings is 1. The minimum atomic E-state index is -0.264. The predicted octanol–water partition coefficient (Wildman–Crippen LogP) is 2.65. The van der Waals surface area contributed by atoms with Crippen molar-refractivity contribution in [3.63, 3.8) is 0 Å². The van der Waals surface area contributed by atoms with Crippen LogP contribution in [-0.2, 0) is 4.74 Å². The Kier molecular flexibility index (Phi) is 4.68. The van der Waals surface area contributed by atoms with Gasteiger partial charge in [-0.3, -0.25) is 4.79 Å². The van der Waals surface area contributed by atoms with Crippen molar-refractivity contribution in [3.05, 3.63) is 58.9 Å². The number of anilines is 1. The second-order valence-corrected chi connectivity index (χ2v) is 5.44. The van der Waals surface area contributed by atoms with E-state index in [0.29, 0.717) is 23.0 Å². The molecule has 0 unspecified atom stereocenters. The van der Waals surface area contributed by atoms with E-state index in [9.17, 15) is 4.79 Å². The van der Waals surface area contributed by atoms with Crippen LogP contribution in [0.25, 0.3) is 0 Å². The largest absolute Gasteiger partial charge is 0.371 e. The molecule has 0 aliphatic carbocycles. The van der Waals surface area contributed by atoms with Crippen LogP contribution in [0, 0.1) is 0 Å². The van der Waals surface area contributed by atoms with E-state index in [1.165, 1.54) is 6.20 Å². The van der Waals surface area contributed by atoms with Crippen LogP contribution in [0.2, 0.25) is 5.02 Å². The Morgan fingerprint density at radius 1 is 1.27 bits per heavy atom. The normalized spacial score (nSPS) is 18.0. The highest BCUT2D eigenvalue weighted by Crippen LogP contribution is 2.21. The van der Waals surface area contributed by atoms with Gasteiger partial charge in [0.25, 0.3) is 5.91 Å². The summed E-state index contributed by atoms with van der Waals surface area (Å²) in [4.78, 5) is 16.1. The summed E-state index contributed by atoms with van der Waals surface area (Å²) < 4.78 is 5.69. The highest BCUT2D eigenvalue weighted by molar-refractivity contribution is 6.30. The number of morpholine rings is 1. The maximum absolute atomic E-state index is 12.1. The summed E-state index contributed by atoms with van der Waals surface area (Å²) >= 11 is 5.76. The molecule has 2 N–H and O–H groups in total. The van der Waals surface area contributed by atoms with Crippen LogP contribution in [-0.4, -0.2) is 30.6 Å². The maximum Gasteiger partial charge on any atom is 0.274 e. The number of aromatic nitrogens is 1. The van der Waals surface area contributed by atoms with E-state index in [-0.39, 0.29) is 12.0 Å². The number of carbonyl (C=O) groups excluding carboxylic acids is 1. The van der Waals surface area contributed by atoms with Crippen molar-refractivity contribution in [1.82, 2.24) is 10.3 Å². The monoisotopic (exact) mass is 317 g/mol. The van der Waals surface area contributed by atoms with Crippen molar-refractivity contribution in [2.24, 2.45) is 0 Å². The summed E-state index contributed by atoms with van der Waals surface area (Å²) in [5, 5.41) is 6.60. The average molecular weight is 318 g/mol. The van der Waals surface area contributed by atoms with E-state index in [0.717, 1.165) is 18.7 Å². The van der Waals surface area contributed by atoms with Crippen LogP contribution in [0.1, 0.15) is 22.2 Å². The van der Waals surface area contributed by atoms with E-state index in [2.05, 4.69) is 15.6 Å². The molecule has 0 saturated carbocycles. The van der Waals surface area contributed by atoms with Gasteiger partial charge in [-0.25, -0.2) is 4.98 Å². The summed E-state index contributed by atoms with van der Waals surface area (Å²) in [6, 6.07) is 10.9. The summed E-state index contributed by atoms with van der Waals surface area (Å²) in [5.74, 6) is -0.264. The third-order valence-corrected chi connectivity index (χ3v) is 3.65. The van der Waals surface area contributed by atoms with Crippen LogP contribution in [0.15, 0.2) is 42.6 Å². The Hall–Kier alpha value is -1.95. The Labute approximate surface area is 133 Å². The van der Waals surface area contributed by atoms with E-state index < -0.39 is 0 Å². The molecule has 1 saturated heterocycles. The molecular weight excluding hydrogens is 302 g/mol. The lowest BCUT2D eigenvalue weighted by atomic mass is 10.1. The second-order valence-electron chi connectivity index (χ2n) is 5.00. The molecule has 0 bridgehead atoms. The first-order valence-electron chi connectivity index (χ1n) is 7.07. The van der Waals surface area contributed by atoms with Gasteiger partial charge in [-0.2, -0.15) is 0 Å². The summed E-state index contributed by atoms with van der Waals surface area (Å²) in [5.41, 5.74) is 2.14. The molecule has 2 heterocycles. The molecule has 1 aromatic heterocycles. The van der Waals surface area contributed by atoms with Gasteiger partial charge in [0.15, 0.2) is 0 Å². The smallest absolute Gasteiger partial charge is 0.274 e. The Morgan fingerprint density at radius 2 is 2.09 bits per heavy atom. The first kappa shape index (κ1) is 15.0. The minimum Gasteiger partial charge on any atom is -0.371 e. The van der Waals surface area contributed by atoms with Crippen molar-refractivity contribution < 1.29 is 9.53 Å². The highest BCUT2D eigenvalue weighted by atomic mass is 35.5. The molecule has 3 rings (SSSR count). The number of rotatable bonds is 3. The van der Waals surface area contributed by atoms with Gasteiger partial charge < -0.3 is 15.4 Å². The van der Waals surface area contributed by atoms with E-state index in [1.54, 1.807) is 12.1 Å². The fourth-order valence-electron chi connectivity index (χ4n) is 2.27. The Balaban J connectivity index is 1.65. The van der Waals surface area contributed by atoms with E-state index in [4.69, 9.17) is 16.3 Å². The topological polar surface area (TPSA) is 63.2 Å². The molecule has 114 valence electrons. The zero-order chi connectivity index (χ0) is 15.4. The quantitative estimate of drug-likeness (QED) is 0.913. The van der Waals surface area contributed by atoms with Gasteiger partial charge in [0.2, 0.25) is 0 Å².